The van der Waals surface area contributed by atoms with Gasteiger partial charge in [0.25, 0.3) is 0 Å². The van der Waals surface area contributed by atoms with Crippen LogP contribution in [-0.4, -0.2) is 22.8 Å². The average Bonchev–Trinajstić information content (AvgIpc) is 2.43. The highest BCUT2D eigenvalue weighted by Crippen LogP contribution is 2.47. The minimum absolute atomic E-state index is 0.0854. The second-order valence-electron chi connectivity index (χ2n) is 4.56. The van der Waals surface area contributed by atoms with Gasteiger partial charge in [-0.25, -0.2) is 4.79 Å². The SMILES string of the molecule is CCCCCCCOc1c(O)c(C(=O)O)c(Cl)c(Cl)c1Cl. The lowest BCUT2D eigenvalue weighted by molar-refractivity contribution is 0.0693. The van der Waals surface area contributed by atoms with Gasteiger partial charge in [-0.3, -0.25) is 0 Å². The predicted octanol–water partition coefficient (Wildman–Crippen LogP) is 5.40. The van der Waals surface area contributed by atoms with E-state index in [1.54, 1.807) is 0 Å². The van der Waals surface area contributed by atoms with Gasteiger partial charge in [0.2, 0.25) is 0 Å². The highest BCUT2D eigenvalue weighted by Gasteiger charge is 2.26. The molecular weight excluding hydrogens is 339 g/mol. The van der Waals surface area contributed by atoms with Gasteiger partial charge in [0, 0.05) is 0 Å². The lowest BCUT2D eigenvalue weighted by Gasteiger charge is -2.14. The third kappa shape index (κ3) is 4.56. The molecule has 0 aliphatic heterocycles. The van der Waals surface area contributed by atoms with Crippen LogP contribution in [-0.2, 0) is 0 Å². The summed E-state index contributed by atoms with van der Waals surface area (Å²) in [5, 5.41) is 18.5. The van der Waals surface area contributed by atoms with Crippen LogP contribution in [0.3, 0.4) is 0 Å². The summed E-state index contributed by atoms with van der Waals surface area (Å²) in [6.45, 7) is 2.44. The first kappa shape index (κ1) is 18.2. The zero-order chi connectivity index (χ0) is 16.0. The van der Waals surface area contributed by atoms with Crippen molar-refractivity contribution < 1.29 is 19.7 Å². The number of hydrogen-bond donors (Lipinski definition) is 2. The van der Waals surface area contributed by atoms with Crippen molar-refractivity contribution in [1.29, 1.82) is 0 Å². The fraction of sp³-hybridized carbons (Fsp3) is 0.500. The van der Waals surface area contributed by atoms with Crippen molar-refractivity contribution >= 4 is 40.8 Å². The molecule has 0 aliphatic rings. The lowest BCUT2D eigenvalue weighted by atomic mass is 10.1. The minimum atomic E-state index is -1.40. The second kappa shape index (κ2) is 8.57. The summed E-state index contributed by atoms with van der Waals surface area (Å²) >= 11 is 17.6. The fourth-order valence-corrected chi connectivity index (χ4v) is 2.57. The molecule has 0 bridgehead atoms. The van der Waals surface area contributed by atoms with Crippen molar-refractivity contribution in [1.82, 2.24) is 0 Å². The van der Waals surface area contributed by atoms with Crippen molar-refractivity contribution in [2.75, 3.05) is 6.61 Å². The van der Waals surface area contributed by atoms with E-state index in [9.17, 15) is 9.90 Å². The van der Waals surface area contributed by atoms with Crippen molar-refractivity contribution in [2.45, 2.75) is 39.0 Å². The van der Waals surface area contributed by atoms with Crippen LogP contribution in [0.25, 0.3) is 0 Å². The Bertz CT molecular complexity index is 518. The maximum Gasteiger partial charge on any atom is 0.341 e. The molecule has 4 nitrogen and oxygen atoms in total. The van der Waals surface area contributed by atoms with Crippen molar-refractivity contribution in [3.8, 4) is 11.5 Å². The number of carboxylic acid groups (broad SMARTS) is 1. The van der Waals surface area contributed by atoms with Gasteiger partial charge in [0.1, 0.15) is 10.6 Å². The van der Waals surface area contributed by atoms with Gasteiger partial charge in [-0.05, 0) is 6.42 Å². The molecule has 0 amide bonds. The molecule has 0 unspecified atom stereocenters. The van der Waals surface area contributed by atoms with Gasteiger partial charge in [0.05, 0.1) is 16.7 Å². The number of ether oxygens (including phenoxy) is 1. The Morgan fingerprint density at radius 1 is 1.05 bits per heavy atom. The summed E-state index contributed by atoms with van der Waals surface area (Å²) in [5.41, 5.74) is -0.507. The summed E-state index contributed by atoms with van der Waals surface area (Å²) < 4.78 is 5.39. The van der Waals surface area contributed by atoms with Crippen LogP contribution < -0.4 is 4.74 Å². The van der Waals surface area contributed by atoms with E-state index in [0.717, 1.165) is 32.1 Å². The summed E-state index contributed by atoms with van der Waals surface area (Å²) in [5.74, 6) is -2.14. The normalized spacial score (nSPS) is 10.7. The van der Waals surface area contributed by atoms with Crippen molar-refractivity contribution in [3.63, 3.8) is 0 Å². The molecule has 0 fully saturated rings. The molecule has 0 atom stereocenters. The minimum Gasteiger partial charge on any atom is -0.504 e. The Kier molecular flexibility index (Phi) is 7.43. The number of unbranched alkanes of at least 4 members (excludes halogenated alkanes) is 4. The van der Waals surface area contributed by atoms with Gasteiger partial charge in [-0.2, -0.15) is 0 Å². The Morgan fingerprint density at radius 3 is 2.24 bits per heavy atom. The van der Waals surface area contributed by atoms with Gasteiger partial charge in [-0.1, -0.05) is 67.4 Å². The number of carbonyl (C=O) groups is 1. The zero-order valence-corrected chi connectivity index (χ0v) is 13.9. The topological polar surface area (TPSA) is 66.8 Å². The van der Waals surface area contributed by atoms with Crippen LogP contribution in [0.15, 0.2) is 0 Å². The third-order valence-corrected chi connectivity index (χ3v) is 4.27. The maximum atomic E-state index is 11.1. The number of aromatic carboxylic acids is 1. The van der Waals surface area contributed by atoms with E-state index in [4.69, 9.17) is 44.6 Å². The van der Waals surface area contributed by atoms with E-state index in [2.05, 4.69) is 6.92 Å². The highest BCUT2D eigenvalue weighted by molar-refractivity contribution is 6.50. The number of rotatable bonds is 8. The first-order chi connectivity index (χ1) is 9.91. The number of hydrogen-bond acceptors (Lipinski definition) is 3. The largest absolute Gasteiger partial charge is 0.504 e. The molecule has 0 saturated carbocycles. The molecule has 7 heteroatoms. The molecule has 1 aromatic carbocycles. The number of carboxylic acids is 1. The standard InChI is InChI=1S/C14H17Cl3O4/c1-2-3-4-5-6-7-21-13-11(17)10(16)9(15)8(12(13)18)14(19)20/h18H,2-7H2,1H3,(H,19,20). The van der Waals surface area contributed by atoms with E-state index in [-0.39, 0.29) is 20.8 Å². The molecule has 1 rings (SSSR count). The summed E-state index contributed by atoms with van der Waals surface area (Å²) in [4.78, 5) is 11.1. The second-order valence-corrected chi connectivity index (χ2v) is 5.70. The molecule has 0 heterocycles. The Balaban J connectivity index is 2.85. The van der Waals surface area contributed by atoms with Crippen LogP contribution >= 0.6 is 34.8 Å². The number of benzene rings is 1. The number of halogens is 3. The first-order valence-corrected chi connectivity index (χ1v) is 7.80. The van der Waals surface area contributed by atoms with E-state index in [1.165, 1.54) is 0 Å². The molecule has 0 radical (unpaired) electrons. The quantitative estimate of drug-likeness (QED) is 0.484. The fourth-order valence-electron chi connectivity index (χ4n) is 1.83. The first-order valence-electron chi connectivity index (χ1n) is 6.67. The zero-order valence-electron chi connectivity index (χ0n) is 11.6. The molecule has 0 saturated heterocycles. The Labute approximate surface area is 138 Å². The van der Waals surface area contributed by atoms with E-state index in [1.807, 2.05) is 0 Å². The molecule has 21 heavy (non-hydrogen) atoms. The van der Waals surface area contributed by atoms with Gasteiger partial charge < -0.3 is 14.9 Å². The van der Waals surface area contributed by atoms with Gasteiger partial charge in [-0.15, -0.1) is 0 Å². The number of aromatic hydroxyl groups is 1. The predicted molar refractivity (Wildman–Crippen MR) is 84.4 cm³/mol. The molecule has 0 aliphatic carbocycles. The van der Waals surface area contributed by atoms with Gasteiger partial charge in [0.15, 0.2) is 11.5 Å². The summed E-state index contributed by atoms with van der Waals surface area (Å²) in [6, 6.07) is 0. The molecule has 0 aromatic heterocycles. The van der Waals surface area contributed by atoms with E-state index < -0.39 is 17.3 Å². The van der Waals surface area contributed by atoms with E-state index in [0.29, 0.717) is 6.61 Å². The maximum absolute atomic E-state index is 11.1. The van der Waals surface area contributed by atoms with Crippen LogP contribution in [0.2, 0.25) is 15.1 Å². The van der Waals surface area contributed by atoms with Crippen LogP contribution in [0, 0.1) is 0 Å². The van der Waals surface area contributed by atoms with Crippen molar-refractivity contribution in [3.05, 3.63) is 20.6 Å². The molecule has 2 N–H and O–H groups in total. The molecule has 1 aromatic rings. The Hall–Kier alpha value is -0.840. The van der Waals surface area contributed by atoms with E-state index >= 15 is 0 Å². The van der Waals surface area contributed by atoms with Crippen LogP contribution in [0.5, 0.6) is 11.5 Å². The van der Waals surface area contributed by atoms with Gasteiger partial charge >= 0.3 is 5.97 Å². The van der Waals surface area contributed by atoms with Crippen LogP contribution in [0.4, 0.5) is 0 Å². The van der Waals surface area contributed by atoms with Crippen molar-refractivity contribution in [2.24, 2.45) is 0 Å². The molecule has 0 spiro atoms. The monoisotopic (exact) mass is 354 g/mol. The highest BCUT2D eigenvalue weighted by atomic mass is 35.5. The Morgan fingerprint density at radius 2 is 1.67 bits per heavy atom. The summed E-state index contributed by atoms with van der Waals surface area (Å²) in [7, 11) is 0. The molecule has 118 valence electrons. The average molecular weight is 356 g/mol. The lowest BCUT2D eigenvalue weighted by Crippen LogP contribution is -2.04. The number of phenols is 1. The third-order valence-electron chi connectivity index (χ3n) is 2.96. The smallest absolute Gasteiger partial charge is 0.341 e. The van der Waals surface area contributed by atoms with Crippen LogP contribution in [0.1, 0.15) is 49.4 Å². The molecular formula is C14H17Cl3O4. The summed E-state index contributed by atoms with van der Waals surface area (Å²) in [6.07, 6.45) is 5.16.